The molecule has 0 spiro atoms. The molecule has 0 aromatic rings. The summed E-state index contributed by atoms with van der Waals surface area (Å²) in [6.07, 6.45) is 0.748. The first-order valence-electron chi connectivity index (χ1n) is 4.04. The number of rotatable bonds is 6. The van der Waals surface area contributed by atoms with Gasteiger partial charge in [-0.1, -0.05) is 0 Å². The number of carbonyl (C=O) groups excluding carboxylic acids is 1. The fourth-order valence-electron chi connectivity index (χ4n) is 0.917. The van der Waals surface area contributed by atoms with Crippen LogP contribution in [0.4, 0.5) is 0 Å². The van der Waals surface area contributed by atoms with Gasteiger partial charge in [0.1, 0.15) is 6.04 Å². The van der Waals surface area contributed by atoms with E-state index in [0.717, 1.165) is 0 Å². The first kappa shape index (κ1) is 12.3. The van der Waals surface area contributed by atoms with Crippen molar-refractivity contribution in [1.29, 1.82) is 0 Å². The Balaban J connectivity index is 3.67. The number of nitrogens with two attached hydrogens (primary N) is 1. The lowest BCUT2D eigenvalue weighted by Gasteiger charge is -2.15. The lowest BCUT2D eigenvalue weighted by atomic mass is 10.1. The van der Waals surface area contributed by atoms with E-state index in [-0.39, 0.29) is 6.29 Å². The first-order valence-corrected chi connectivity index (χ1v) is 4.04. The van der Waals surface area contributed by atoms with E-state index in [1.54, 1.807) is 0 Å². The Bertz CT molecular complexity index is 147. The Morgan fingerprint density at radius 1 is 1.23 bits per heavy atom. The number of ether oxygens (including phenoxy) is 3. The molecule has 5 nitrogen and oxygen atoms in total. The van der Waals surface area contributed by atoms with Gasteiger partial charge in [0.2, 0.25) is 0 Å². The maximum absolute atomic E-state index is 10.9. The summed E-state index contributed by atoms with van der Waals surface area (Å²) in [5.74, 6) is -0.411. The van der Waals surface area contributed by atoms with Gasteiger partial charge in [0.25, 0.3) is 0 Å². The fraction of sp³-hybridized carbons (Fsp3) is 0.875. The summed E-state index contributed by atoms with van der Waals surface area (Å²) >= 11 is 0. The third-order valence-corrected chi connectivity index (χ3v) is 1.74. The van der Waals surface area contributed by atoms with Crippen molar-refractivity contribution in [2.45, 2.75) is 25.2 Å². The number of carbonyl (C=O) groups is 1. The van der Waals surface area contributed by atoms with Gasteiger partial charge in [0.05, 0.1) is 7.11 Å². The average Bonchev–Trinajstić information content (AvgIpc) is 2.17. The van der Waals surface area contributed by atoms with Crippen molar-refractivity contribution in [3.05, 3.63) is 0 Å². The molecule has 0 saturated heterocycles. The SMILES string of the molecule is COC(=O)[C@@H](N)CCC(OC)OC. The van der Waals surface area contributed by atoms with Crippen molar-refractivity contribution in [2.24, 2.45) is 5.73 Å². The molecule has 1 atom stereocenters. The van der Waals surface area contributed by atoms with E-state index in [2.05, 4.69) is 4.74 Å². The molecule has 0 aliphatic rings. The third kappa shape index (κ3) is 4.82. The predicted molar refractivity (Wildman–Crippen MR) is 47.0 cm³/mol. The lowest BCUT2D eigenvalue weighted by molar-refractivity contribution is -0.143. The molecule has 13 heavy (non-hydrogen) atoms. The molecule has 0 amide bonds. The van der Waals surface area contributed by atoms with Crippen LogP contribution in [0.1, 0.15) is 12.8 Å². The Hall–Kier alpha value is -0.650. The minimum atomic E-state index is -0.599. The summed E-state index contributed by atoms with van der Waals surface area (Å²) in [6, 6.07) is -0.599. The maximum Gasteiger partial charge on any atom is 0.322 e. The van der Waals surface area contributed by atoms with Crippen LogP contribution in [0, 0.1) is 0 Å². The van der Waals surface area contributed by atoms with Crippen LogP contribution in [0.5, 0.6) is 0 Å². The highest BCUT2D eigenvalue weighted by atomic mass is 16.7. The lowest BCUT2D eigenvalue weighted by Crippen LogP contribution is -2.32. The van der Waals surface area contributed by atoms with Crippen LogP contribution in [-0.4, -0.2) is 39.6 Å². The van der Waals surface area contributed by atoms with E-state index in [1.165, 1.54) is 21.3 Å². The highest BCUT2D eigenvalue weighted by molar-refractivity contribution is 5.75. The van der Waals surface area contributed by atoms with Gasteiger partial charge < -0.3 is 19.9 Å². The molecular weight excluding hydrogens is 174 g/mol. The van der Waals surface area contributed by atoms with Crippen LogP contribution < -0.4 is 5.73 Å². The van der Waals surface area contributed by atoms with Gasteiger partial charge in [-0.15, -0.1) is 0 Å². The molecule has 0 aliphatic carbocycles. The van der Waals surface area contributed by atoms with Crippen LogP contribution in [-0.2, 0) is 19.0 Å². The zero-order chi connectivity index (χ0) is 10.3. The molecule has 78 valence electrons. The summed E-state index contributed by atoms with van der Waals surface area (Å²) in [4.78, 5) is 10.9. The van der Waals surface area contributed by atoms with Crippen LogP contribution in [0.25, 0.3) is 0 Å². The third-order valence-electron chi connectivity index (χ3n) is 1.74. The second kappa shape index (κ2) is 6.82. The van der Waals surface area contributed by atoms with Crippen LogP contribution in [0.15, 0.2) is 0 Å². The first-order chi connectivity index (χ1) is 6.15. The number of methoxy groups -OCH3 is 3. The van der Waals surface area contributed by atoms with Crippen LogP contribution in [0.3, 0.4) is 0 Å². The second-order valence-electron chi connectivity index (χ2n) is 2.61. The quantitative estimate of drug-likeness (QED) is 0.468. The van der Waals surface area contributed by atoms with Crippen LogP contribution >= 0.6 is 0 Å². The fourth-order valence-corrected chi connectivity index (χ4v) is 0.917. The molecule has 0 aromatic heterocycles. The summed E-state index contributed by atoms with van der Waals surface area (Å²) in [5, 5.41) is 0. The smallest absolute Gasteiger partial charge is 0.322 e. The number of esters is 1. The summed E-state index contributed by atoms with van der Waals surface area (Å²) in [7, 11) is 4.39. The monoisotopic (exact) mass is 191 g/mol. The van der Waals surface area contributed by atoms with E-state index in [1.807, 2.05) is 0 Å². The molecule has 0 fully saturated rings. The zero-order valence-electron chi connectivity index (χ0n) is 8.28. The normalized spacial score (nSPS) is 13.0. The number of hydrogen-bond acceptors (Lipinski definition) is 5. The summed E-state index contributed by atoms with van der Waals surface area (Å²) in [5.41, 5.74) is 5.50. The average molecular weight is 191 g/mol. The van der Waals surface area contributed by atoms with Gasteiger partial charge in [-0.25, -0.2) is 0 Å². The molecule has 0 aliphatic heterocycles. The largest absolute Gasteiger partial charge is 0.468 e. The van der Waals surface area contributed by atoms with Crippen molar-refractivity contribution in [3.63, 3.8) is 0 Å². The van der Waals surface area contributed by atoms with Crippen molar-refractivity contribution >= 4 is 5.97 Å². The van der Waals surface area contributed by atoms with E-state index in [9.17, 15) is 4.79 Å². The molecule has 5 heteroatoms. The second-order valence-corrected chi connectivity index (χ2v) is 2.61. The Kier molecular flexibility index (Phi) is 6.48. The van der Waals surface area contributed by atoms with Gasteiger partial charge in [-0.2, -0.15) is 0 Å². The standard InChI is InChI=1S/C8H17NO4/c1-11-7(12-2)5-4-6(9)8(10)13-3/h6-7H,4-5,9H2,1-3H3/t6-/m0/s1. The molecule has 0 rings (SSSR count). The Morgan fingerprint density at radius 3 is 2.15 bits per heavy atom. The highest BCUT2D eigenvalue weighted by Gasteiger charge is 2.15. The Morgan fingerprint density at radius 2 is 1.77 bits per heavy atom. The summed E-state index contributed by atoms with van der Waals surface area (Å²) < 4.78 is 14.3. The molecule has 0 saturated carbocycles. The molecule has 0 bridgehead atoms. The molecule has 0 aromatic carbocycles. The van der Waals surface area contributed by atoms with Crippen molar-refractivity contribution in [2.75, 3.05) is 21.3 Å². The van der Waals surface area contributed by atoms with E-state index >= 15 is 0 Å². The van der Waals surface area contributed by atoms with Gasteiger partial charge in [0, 0.05) is 20.6 Å². The van der Waals surface area contributed by atoms with E-state index < -0.39 is 12.0 Å². The van der Waals surface area contributed by atoms with Gasteiger partial charge >= 0.3 is 5.97 Å². The molecular formula is C8H17NO4. The van der Waals surface area contributed by atoms with Crippen molar-refractivity contribution in [3.8, 4) is 0 Å². The minimum absolute atomic E-state index is 0.310. The van der Waals surface area contributed by atoms with E-state index in [4.69, 9.17) is 15.2 Å². The molecule has 0 heterocycles. The molecule has 0 radical (unpaired) electrons. The maximum atomic E-state index is 10.9. The zero-order valence-corrected chi connectivity index (χ0v) is 8.28. The van der Waals surface area contributed by atoms with E-state index in [0.29, 0.717) is 12.8 Å². The number of hydrogen-bond donors (Lipinski definition) is 1. The highest BCUT2D eigenvalue weighted by Crippen LogP contribution is 2.04. The Labute approximate surface area is 78.1 Å². The molecule has 0 unspecified atom stereocenters. The minimum Gasteiger partial charge on any atom is -0.468 e. The van der Waals surface area contributed by atoms with Gasteiger partial charge in [-0.3, -0.25) is 4.79 Å². The van der Waals surface area contributed by atoms with Gasteiger partial charge in [-0.05, 0) is 6.42 Å². The van der Waals surface area contributed by atoms with Crippen molar-refractivity contribution in [1.82, 2.24) is 0 Å². The topological polar surface area (TPSA) is 70.8 Å². The van der Waals surface area contributed by atoms with Crippen LogP contribution in [0.2, 0.25) is 0 Å². The molecule has 2 N–H and O–H groups in total. The summed E-state index contributed by atoms with van der Waals surface area (Å²) in [6.45, 7) is 0. The van der Waals surface area contributed by atoms with Crippen molar-refractivity contribution < 1.29 is 19.0 Å². The van der Waals surface area contributed by atoms with Gasteiger partial charge in [0.15, 0.2) is 6.29 Å². The predicted octanol–water partition coefficient (Wildman–Crippen LogP) is -0.114.